The van der Waals surface area contributed by atoms with Crippen molar-refractivity contribution in [1.82, 2.24) is 24.0 Å². The van der Waals surface area contributed by atoms with Crippen LogP contribution in [-0.4, -0.2) is 37.6 Å². The van der Waals surface area contributed by atoms with Crippen molar-refractivity contribution in [2.75, 3.05) is 13.1 Å². The molecule has 0 aliphatic carbocycles. The lowest BCUT2D eigenvalue weighted by atomic mass is 10.2. The van der Waals surface area contributed by atoms with Crippen LogP contribution in [0.4, 0.5) is 0 Å². The molecule has 24 heavy (non-hydrogen) atoms. The van der Waals surface area contributed by atoms with Crippen LogP contribution >= 0.6 is 12.4 Å². The van der Waals surface area contributed by atoms with E-state index in [2.05, 4.69) is 15.3 Å². The van der Waals surface area contributed by atoms with E-state index in [0.29, 0.717) is 24.3 Å². The molecule has 0 aromatic carbocycles. The van der Waals surface area contributed by atoms with Crippen LogP contribution in [0, 0.1) is 0 Å². The van der Waals surface area contributed by atoms with E-state index < -0.39 is 0 Å². The highest BCUT2D eigenvalue weighted by atomic mass is 35.5. The van der Waals surface area contributed by atoms with E-state index in [9.17, 15) is 9.59 Å². The van der Waals surface area contributed by atoms with Gasteiger partial charge < -0.3 is 9.88 Å². The molecule has 0 saturated heterocycles. The quantitative estimate of drug-likeness (QED) is 0.865. The molecule has 0 radical (unpaired) electrons. The smallest absolute Gasteiger partial charge is 0.332 e. The summed E-state index contributed by atoms with van der Waals surface area (Å²) in [6.45, 7) is 2.16. The Bertz CT molecular complexity index is 863. The molecule has 0 saturated carbocycles. The molecule has 0 bridgehead atoms. The predicted molar refractivity (Wildman–Crippen MR) is 96.2 cm³/mol. The Labute approximate surface area is 145 Å². The molecular formula is C15H23ClN6O2. The molecule has 2 aromatic heterocycles. The lowest BCUT2D eigenvalue weighted by Gasteiger charge is -2.10. The lowest BCUT2D eigenvalue weighted by Crippen LogP contribution is -2.38. The average molecular weight is 355 g/mol. The van der Waals surface area contributed by atoms with Gasteiger partial charge in [0.15, 0.2) is 11.2 Å². The Morgan fingerprint density at radius 1 is 1.17 bits per heavy atom. The topological polar surface area (TPSA) is 86.2 Å². The summed E-state index contributed by atoms with van der Waals surface area (Å²) in [5.41, 5.74) is 0.204. The Kier molecular flexibility index (Phi) is 5.82. The third-order valence-corrected chi connectivity index (χ3v) is 4.27. The number of aromatic nitrogens is 4. The summed E-state index contributed by atoms with van der Waals surface area (Å²) in [6.07, 6.45) is 6.15. The molecule has 3 heterocycles. The minimum Gasteiger partial charge on any atom is -0.372 e. The van der Waals surface area contributed by atoms with Crippen LogP contribution in [0.5, 0.6) is 0 Å². The fourth-order valence-electron chi connectivity index (χ4n) is 2.91. The zero-order chi connectivity index (χ0) is 16.4. The molecule has 132 valence electrons. The highest BCUT2D eigenvalue weighted by Crippen LogP contribution is 2.07. The Morgan fingerprint density at radius 3 is 2.75 bits per heavy atom. The van der Waals surface area contributed by atoms with Crippen molar-refractivity contribution in [3.8, 4) is 0 Å². The van der Waals surface area contributed by atoms with Crippen molar-refractivity contribution in [2.24, 2.45) is 19.1 Å². The molecule has 0 fully saturated rings. The molecule has 1 N–H and O–H groups in total. The van der Waals surface area contributed by atoms with Gasteiger partial charge in [-0.05, 0) is 12.8 Å². The fourth-order valence-corrected chi connectivity index (χ4v) is 2.91. The van der Waals surface area contributed by atoms with Crippen LogP contribution in [-0.2, 0) is 20.6 Å². The van der Waals surface area contributed by atoms with Gasteiger partial charge in [0.25, 0.3) is 5.56 Å². The number of hydrogen-bond donors (Lipinski definition) is 1. The lowest BCUT2D eigenvalue weighted by molar-refractivity contribution is 0.667. The maximum absolute atomic E-state index is 12.3. The van der Waals surface area contributed by atoms with Gasteiger partial charge in [0.05, 0.1) is 12.2 Å². The van der Waals surface area contributed by atoms with Crippen LogP contribution in [0.1, 0.15) is 25.7 Å². The normalized spacial score (nSPS) is 14.8. The molecule has 1 aliphatic heterocycles. The largest absolute Gasteiger partial charge is 0.372 e. The number of nitrogens with one attached hydrogen (secondary N) is 1. The maximum Gasteiger partial charge on any atom is 0.332 e. The SMILES string of the molecule is Cl.Cn1c(=O)c2c(ncn2CCNC2=NCCCCC2)n(C)c1=O. The second-order valence-electron chi connectivity index (χ2n) is 5.88. The first-order chi connectivity index (χ1) is 11.1. The summed E-state index contributed by atoms with van der Waals surface area (Å²) >= 11 is 0. The summed E-state index contributed by atoms with van der Waals surface area (Å²) in [5, 5.41) is 3.35. The van der Waals surface area contributed by atoms with E-state index in [1.54, 1.807) is 17.9 Å². The maximum atomic E-state index is 12.3. The molecule has 0 amide bonds. The van der Waals surface area contributed by atoms with Gasteiger partial charge in [-0.1, -0.05) is 6.42 Å². The van der Waals surface area contributed by atoms with E-state index in [1.165, 1.54) is 24.5 Å². The van der Waals surface area contributed by atoms with E-state index in [4.69, 9.17) is 0 Å². The van der Waals surface area contributed by atoms with Crippen molar-refractivity contribution in [1.29, 1.82) is 0 Å². The number of halogens is 1. The number of nitrogens with zero attached hydrogens (tertiary/aromatic N) is 5. The molecule has 1 aliphatic rings. The molecule has 3 rings (SSSR count). The number of hydrogen-bond acceptors (Lipinski definition) is 5. The van der Waals surface area contributed by atoms with Gasteiger partial charge in [0, 0.05) is 40.2 Å². The number of imidazole rings is 1. The van der Waals surface area contributed by atoms with Crippen LogP contribution in [0.25, 0.3) is 11.2 Å². The standard InChI is InChI=1S/C15H22N6O2.ClH/c1-19-13-12(14(22)20(2)15(19)23)21(10-18-13)9-8-17-11-6-4-3-5-7-16-11;/h10H,3-9H2,1-2H3,(H,16,17);1H. The molecular weight excluding hydrogens is 332 g/mol. The number of aryl methyl sites for hydroxylation is 1. The monoisotopic (exact) mass is 354 g/mol. The third-order valence-electron chi connectivity index (χ3n) is 4.27. The summed E-state index contributed by atoms with van der Waals surface area (Å²) in [5.74, 6) is 1.05. The van der Waals surface area contributed by atoms with Crippen LogP contribution in [0.3, 0.4) is 0 Å². The van der Waals surface area contributed by atoms with Gasteiger partial charge in [0.1, 0.15) is 0 Å². The zero-order valence-electron chi connectivity index (χ0n) is 14.0. The van der Waals surface area contributed by atoms with Gasteiger partial charge in [-0.15, -0.1) is 12.4 Å². The highest BCUT2D eigenvalue weighted by molar-refractivity contribution is 5.85. The number of rotatable bonds is 3. The van der Waals surface area contributed by atoms with Gasteiger partial charge in [-0.2, -0.15) is 0 Å². The Morgan fingerprint density at radius 2 is 1.96 bits per heavy atom. The molecule has 9 heteroatoms. The minimum atomic E-state index is -0.362. The van der Waals surface area contributed by atoms with E-state index in [-0.39, 0.29) is 23.7 Å². The third kappa shape index (κ3) is 3.38. The predicted octanol–water partition coefficient (Wildman–Crippen LogP) is 0.418. The second kappa shape index (κ2) is 7.65. The number of amidine groups is 1. The fraction of sp³-hybridized carbons (Fsp3) is 0.600. The zero-order valence-corrected chi connectivity index (χ0v) is 14.8. The van der Waals surface area contributed by atoms with Gasteiger partial charge in [-0.3, -0.25) is 18.9 Å². The first-order valence-corrected chi connectivity index (χ1v) is 7.97. The van der Waals surface area contributed by atoms with Crippen LogP contribution < -0.4 is 16.6 Å². The number of fused-ring (bicyclic) bond motifs is 1. The van der Waals surface area contributed by atoms with Gasteiger partial charge >= 0.3 is 5.69 Å². The van der Waals surface area contributed by atoms with Crippen molar-refractivity contribution in [3.63, 3.8) is 0 Å². The molecule has 0 unspecified atom stereocenters. The van der Waals surface area contributed by atoms with E-state index >= 15 is 0 Å². The van der Waals surface area contributed by atoms with E-state index in [0.717, 1.165) is 29.8 Å². The number of aliphatic imine (C=N–C) groups is 1. The molecule has 0 spiro atoms. The molecule has 2 aromatic rings. The van der Waals surface area contributed by atoms with Crippen molar-refractivity contribution >= 4 is 29.4 Å². The second-order valence-corrected chi connectivity index (χ2v) is 5.88. The van der Waals surface area contributed by atoms with Crippen LogP contribution in [0.2, 0.25) is 0 Å². The van der Waals surface area contributed by atoms with Crippen molar-refractivity contribution in [2.45, 2.75) is 32.2 Å². The summed E-state index contributed by atoms with van der Waals surface area (Å²) < 4.78 is 4.31. The Hall–Kier alpha value is -2.09. The summed E-state index contributed by atoms with van der Waals surface area (Å²) in [4.78, 5) is 33.0. The summed E-state index contributed by atoms with van der Waals surface area (Å²) in [7, 11) is 3.11. The van der Waals surface area contributed by atoms with Gasteiger partial charge in [0.2, 0.25) is 0 Å². The van der Waals surface area contributed by atoms with Gasteiger partial charge in [-0.25, -0.2) is 9.78 Å². The molecule has 0 atom stereocenters. The van der Waals surface area contributed by atoms with Crippen molar-refractivity contribution < 1.29 is 0 Å². The highest BCUT2D eigenvalue weighted by Gasteiger charge is 2.14. The summed E-state index contributed by atoms with van der Waals surface area (Å²) in [6, 6.07) is 0. The Balaban J connectivity index is 0.00000208. The van der Waals surface area contributed by atoms with Crippen molar-refractivity contribution in [3.05, 3.63) is 27.2 Å². The van der Waals surface area contributed by atoms with E-state index in [1.807, 2.05) is 0 Å². The average Bonchev–Trinajstić information content (AvgIpc) is 2.79. The first-order valence-electron chi connectivity index (χ1n) is 7.97. The van der Waals surface area contributed by atoms with Crippen LogP contribution in [0.15, 0.2) is 20.9 Å². The first kappa shape index (κ1) is 18.3. The minimum absolute atomic E-state index is 0. The molecule has 8 nitrogen and oxygen atoms in total.